The maximum atomic E-state index is 11.6. The summed E-state index contributed by atoms with van der Waals surface area (Å²) >= 11 is 0. The van der Waals surface area contributed by atoms with Crippen molar-refractivity contribution in [1.29, 1.82) is 0 Å². The van der Waals surface area contributed by atoms with Crippen LogP contribution in [-0.4, -0.2) is 37.9 Å². The fraction of sp³-hybridized carbons (Fsp3) is 0.467. The number of ether oxygens (including phenoxy) is 1. The molecular formula is C15H22N2O2. The number of nitrogens with zero attached hydrogens (tertiary/aromatic N) is 2. The Morgan fingerprint density at radius 3 is 2.53 bits per heavy atom. The summed E-state index contributed by atoms with van der Waals surface area (Å²) < 4.78 is 5.00. The molecule has 1 unspecified atom stereocenters. The van der Waals surface area contributed by atoms with Crippen LogP contribution in [0, 0.1) is 6.92 Å². The molecule has 0 saturated carbocycles. The summed E-state index contributed by atoms with van der Waals surface area (Å²) in [6, 6.07) is 7.87. The Morgan fingerprint density at radius 1 is 1.37 bits per heavy atom. The number of rotatable bonds is 6. The van der Waals surface area contributed by atoms with Crippen LogP contribution in [0.15, 0.2) is 29.3 Å². The molecule has 1 aromatic rings. The summed E-state index contributed by atoms with van der Waals surface area (Å²) in [5, 5.41) is 0. The highest BCUT2D eigenvalue weighted by Crippen LogP contribution is 2.22. The van der Waals surface area contributed by atoms with E-state index in [9.17, 15) is 4.79 Å². The SMILES string of the molecule is CCOC(=O)CC(N=CN(C)C)c1ccc(C)cc1. The monoisotopic (exact) mass is 262 g/mol. The predicted molar refractivity (Wildman–Crippen MR) is 77.3 cm³/mol. The summed E-state index contributed by atoms with van der Waals surface area (Å²) in [5.74, 6) is -0.219. The number of esters is 1. The minimum atomic E-state index is -0.219. The number of benzene rings is 1. The molecule has 1 atom stereocenters. The molecule has 1 aromatic carbocycles. The number of carbonyl (C=O) groups excluding carboxylic acids is 1. The Kier molecular flexibility index (Phi) is 6.06. The predicted octanol–water partition coefficient (Wildman–Crippen LogP) is 2.58. The van der Waals surface area contributed by atoms with Crippen molar-refractivity contribution in [2.24, 2.45) is 4.99 Å². The van der Waals surface area contributed by atoms with Crippen LogP contribution in [0.4, 0.5) is 0 Å². The van der Waals surface area contributed by atoms with Crippen LogP contribution in [0.1, 0.15) is 30.5 Å². The fourth-order valence-corrected chi connectivity index (χ4v) is 1.64. The van der Waals surface area contributed by atoms with Crippen molar-refractivity contribution in [3.8, 4) is 0 Å². The smallest absolute Gasteiger partial charge is 0.308 e. The van der Waals surface area contributed by atoms with Gasteiger partial charge in [-0.3, -0.25) is 9.79 Å². The zero-order chi connectivity index (χ0) is 14.3. The van der Waals surface area contributed by atoms with Crippen LogP contribution in [-0.2, 0) is 9.53 Å². The van der Waals surface area contributed by atoms with E-state index >= 15 is 0 Å². The highest BCUT2D eigenvalue weighted by atomic mass is 16.5. The number of hydrogen-bond acceptors (Lipinski definition) is 3. The third-order valence-electron chi connectivity index (χ3n) is 2.61. The zero-order valence-corrected chi connectivity index (χ0v) is 12.1. The van der Waals surface area contributed by atoms with Crippen LogP contribution < -0.4 is 0 Å². The molecule has 4 nitrogen and oxygen atoms in total. The number of carbonyl (C=O) groups is 1. The molecule has 19 heavy (non-hydrogen) atoms. The van der Waals surface area contributed by atoms with Gasteiger partial charge >= 0.3 is 5.97 Å². The molecule has 0 spiro atoms. The lowest BCUT2D eigenvalue weighted by Gasteiger charge is -2.14. The molecule has 0 heterocycles. The Bertz CT molecular complexity index is 424. The van der Waals surface area contributed by atoms with Crippen molar-refractivity contribution in [1.82, 2.24) is 4.90 Å². The lowest BCUT2D eigenvalue weighted by atomic mass is 10.0. The maximum Gasteiger partial charge on any atom is 0.308 e. The van der Waals surface area contributed by atoms with Gasteiger partial charge in [0, 0.05) is 14.1 Å². The molecule has 104 valence electrons. The van der Waals surface area contributed by atoms with Gasteiger partial charge in [-0.1, -0.05) is 29.8 Å². The lowest BCUT2D eigenvalue weighted by Crippen LogP contribution is -2.13. The fourth-order valence-electron chi connectivity index (χ4n) is 1.64. The summed E-state index contributed by atoms with van der Waals surface area (Å²) in [6.45, 7) is 4.24. The second-order valence-electron chi connectivity index (χ2n) is 4.66. The molecule has 1 rings (SSSR count). The maximum absolute atomic E-state index is 11.6. The van der Waals surface area contributed by atoms with Gasteiger partial charge in [-0.25, -0.2) is 0 Å². The summed E-state index contributed by atoms with van der Waals surface area (Å²) in [7, 11) is 3.81. The molecule has 0 fully saturated rings. The van der Waals surface area contributed by atoms with Crippen LogP contribution >= 0.6 is 0 Å². The van der Waals surface area contributed by atoms with E-state index in [-0.39, 0.29) is 18.4 Å². The average molecular weight is 262 g/mol. The molecule has 0 bridgehead atoms. The van der Waals surface area contributed by atoms with Gasteiger partial charge in [-0.05, 0) is 19.4 Å². The van der Waals surface area contributed by atoms with Gasteiger partial charge in [0.1, 0.15) is 0 Å². The van der Waals surface area contributed by atoms with E-state index in [1.54, 1.807) is 6.34 Å². The molecule has 0 aliphatic heterocycles. The van der Waals surface area contributed by atoms with E-state index in [0.29, 0.717) is 6.61 Å². The largest absolute Gasteiger partial charge is 0.466 e. The molecule has 0 saturated heterocycles. The molecule has 0 aliphatic carbocycles. The third-order valence-corrected chi connectivity index (χ3v) is 2.61. The zero-order valence-electron chi connectivity index (χ0n) is 12.1. The van der Waals surface area contributed by atoms with Crippen LogP contribution in [0.2, 0.25) is 0 Å². The minimum absolute atomic E-state index is 0.193. The van der Waals surface area contributed by atoms with Crippen LogP contribution in [0.5, 0.6) is 0 Å². The second kappa shape index (κ2) is 7.56. The minimum Gasteiger partial charge on any atom is -0.466 e. The average Bonchev–Trinajstić information content (AvgIpc) is 2.35. The Morgan fingerprint density at radius 2 is 2.00 bits per heavy atom. The normalized spacial score (nSPS) is 12.4. The highest BCUT2D eigenvalue weighted by molar-refractivity contribution is 5.71. The Balaban J connectivity index is 2.85. The standard InChI is InChI=1S/C15H22N2O2/c1-5-19-15(18)10-14(16-11-17(3)4)13-8-6-12(2)7-9-13/h6-9,11,14H,5,10H2,1-4H3. The molecule has 0 aromatic heterocycles. The first kappa shape index (κ1) is 15.2. The van der Waals surface area contributed by atoms with Gasteiger partial charge in [-0.15, -0.1) is 0 Å². The van der Waals surface area contributed by atoms with Crippen molar-refractivity contribution in [2.75, 3.05) is 20.7 Å². The summed E-state index contributed by atoms with van der Waals surface area (Å²) in [6.07, 6.45) is 1.99. The van der Waals surface area contributed by atoms with Crippen molar-refractivity contribution in [3.63, 3.8) is 0 Å². The van der Waals surface area contributed by atoms with Crippen LogP contribution in [0.3, 0.4) is 0 Å². The Hall–Kier alpha value is -1.84. The van der Waals surface area contributed by atoms with Gasteiger partial charge in [0.05, 0.1) is 25.4 Å². The number of aliphatic imine (C=N–C) groups is 1. The lowest BCUT2D eigenvalue weighted by molar-refractivity contribution is -0.143. The first-order valence-electron chi connectivity index (χ1n) is 6.44. The first-order valence-corrected chi connectivity index (χ1v) is 6.44. The highest BCUT2D eigenvalue weighted by Gasteiger charge is 2.15. The summed E-state index contributed by atoms with van der Waals surface area (Å²) in [5.41, 5.74) is 2.21. The molecule has 0 amide bonds. The number of aryl methyl sites for hydroxylation is 1. The van der Waals surface area contributed by atoms with Crippen molar-refractivity contribution < 1.29 is 9.53 Å². The quantitative estimate of drug-likeness (QED) is 0.449. The van der Waals surface area contributed by atoms with E-state index < -0.39 is 0 Å². The molecule has 0 aliphatic rings. The van der Waals surface area contributed by atoms with Gasteiger partial charge in [-0.2, -0.15) is 0 Å². The van der Waals surface area contributed by atoms with Gasteiger partial charge in [0.15, 0.2) is 0 Å². The molecule has 0 N–H and O–H groups in total. The molecular weight excluding hydrogens is 240 g/mol. The molecule has 0 radical (unpaired) electrons. The van der Waals surface area contributed by atoms with E-state index in [4.69, 9.17) is 4.74 Å². The number of hydrogen-bond donors (Lipinski definition) is 0. The summed E-state index contributed by atoms with van der Waals surface area (Å²) in [4.78, 5) is 17.9. The van der Waals surface area contributed by atoms with E-state index in [1.165, 1.54) is 5.56 Å². The van der Waals surface area contributed by atoms with Crippen molar-refractivity contribution in [2.45, 2.75) is 26.3 Å². The van der Waals surface area contributed by atoms with Gasteiger partial charge < -0.3 is 9.64 Å². The van der Waals surface area contributed by atoms with Gasteiger partial charge in [0.2, 0.25) is 0 Å². The van der Waals surface area contributed by atoms with Crippen molar-refractivity contribution in [3.05, 3.63) is 35.4 Å². The third kappa shape index (κ3) is 5.55. The van der Waals surface area contributed by atoms with E-state index in [1.807, 2.05) is 57.1 Å². The second-order valence-corrected chi connectivity index (χ2v) is 4.66. The first-order chi connectivity index (χ1) is 9.02. The van der Waals surface area contributed by atoms with E-state index in [0.717, 1.165) is 5.56 Å². The molecule has 4 heteroatoms. The van der Waals surface area contributed by atoms with Crippen LogP contribution in [0.25, 0.3) is 0 Å². The van der Waals surface area contributed by atoms with Crippen molar-refractivity contribution >= 4 is 12.3 Å². The Labute approximate surface area is 115 Å². The van der Waals surface area contributed by atoms with Gasteiger partial charge in [0.25, 0.3) is 0 Å². The topological polar surface area (TPSA) is 41.9 Å². The van der Waals surface area contributed by atoms with E-state index in [2.05, 4.69) is 4.99 Å².